The Morgan fingerprint density at radius 3 is 2.24 bits per heavy atom. The Kier molecular flexibility index (Phi) is 13.5. The molecule has 0 radical (unpaired) electrons. The zero-order valence-corrected chi connectivity index (χ0v) is 30.6. The second-order valence-corrected chi connectivity index (χ2v) is 18.4. The minimum absolute atomic E-state index is 0. The van der Waals surface area contributed by atoms with E-state index in [0.717, 1.165) is 54.8 Å². The first-order chi connectivity index (χ1) is 20.5. The summed E-state index contributed by atoms with van der Waals surface area (Å²) in [6.45, 7) is 12.8. The number of ether oxygens (including phenoxy) is 2. The van der Waals surface area contributed by atoms with E-state index in [1.165, 1.54) is 57.8 Å². The van der Waals surface area contributed by atoms with Crippen molar-refractivity contribution in [2.75, 3.05) is 47.5 Å². The number of carbonyl (C=O) groups excluding carboxylic acids is 1. The van der Waals surface area contributed by atoms with Gasteiger partial charge in [0.1, 0.15) is 25.9 Å². The number of hydrogen-bond acceptors (Lipinski definition) is 7. The van der Waals surface area contributed by atoms with Crippen LogP contribution in [0.5, 0.6) is 0 Å². The van der Waals surface area contributed by atoms with Gasteiger partial charge >= 0.3 is 14.0 Å². The monoisotopic (exact) mass is 659 g/mol. The van der Waals surface area contributed by atoms with E-state index in [1.807, 2.05) is 21.1 Å². The maximum atomic E-state index is 12.5. The molecule has 2 N–H and O–H groups in total. The fourth-order valence-electron chi connectivity index (χ4n) is 10.3. The molecule has 0 aromatic carbocycles. The van der Waals surface area contributed by atoms with Crippen LogP contribution in [-0.4, -0.2) is 74.6 Å². The average molecular weight is 660 g/mol. The number of carbonyl (C=O) groups is 1. The van der Waals surface area contributed by atoms with Crippen molar-refractivity contribution >= 4 is 14.0 Å². The Bertz CT molecular complexity index is 1000. The van der Waals surface area contributed by atoms with Crippen LogP contribution in [0.15, 0.2) is 0 Å². The summed E-state index contributed by atoms with van der Waals surface area (Å²) in [5, 5.41) is 0. The molecule has 0 amide bonds. The molecule has 4 aliphatic carbocycles. The van der Waals surface area contributed by atoms with Crippen LogP contribution in [0, 0.1) is 52.3 Å². The quantitative estimate of drug-likeness (QED) is 0.0856. The van der Waals surface area contributed by atoms with Crippen molar-refractivity contribution in [3.63, 3.8) is 0 Å². The fourth-order valence-corrected chi connectivity index (χ4v) is 11.0. The predicted molar refractivity (Wildman–Crippen MR) is 176 cm³/mol. The summed E-state index contributed by atoms with van der Waals surface area (Å²) < 4.78 is 33.5. The summed E-state index contributed by atoms with van der Waals surface area (Å²) in [5.74, 6) is 5.63. The van der Waals surface area contributed by atoms with Crippen LogP contribution in [0.3, 0.4) is 0 Å². The first kappa shape index (κ1) is 38.7. The third-order valence-corrected chi connectivity index (χ3v) is 13.7. The topological polar surface area (TPSA) is 121 Å². The molecule has 0 saturated heterocycles. The van der Waals surface area contributed by atoms with Gasteiger partial charge in [0.05, 0.1) is 27.7 Å². The minimum atomic E-state index is -4.18. The van der Waals surface area contributed by atoms with Gasteiger partial charge in [-0.1, -0.05) is 53.9 Å². The van der Waals surface area contributed by atoms with Crippen molar-refractivity contribution in [3.8, 4) is 0 Å². The van der Waals surface area contributed by atoms with E-state index in [9.17, 15) is 14.3 Å². The second kappa shape index (κ2) is 15.7. The Labute approximate surface area is 274 Å². The van der Waals surface area contributed by atoms with Gasteiger partial charge in [-0.3, -0.25) is 9.05 Å². The lowest BCUT2D eigenvalue weighted by Crippen LogP contribution is -2.54. The number of phosphoric acid groups is 1. The van der Waals surface area contributed by atoms with Gasteiger partial charge in [0, 0.05) is 0 Å². The lowest BCUT2D eigenvalue weighted by atomic mass is 9.44. The van der Waals surface area contributed by atoms with E-state index in [4.69, 9.17) is 18.5 Å². The highest BCUT2D eigenvalue weighted by Gasteiger charge is 2.60. The molecular weight excluding hydrogens is 593 g/mol. The highest BCUT2D eigenvalue weighted by molar-refractivity contribution is 7.47. The molecule has 0 aliphatic heterocycles. The van der Waals surface area contributed by atoms with Crippen molar-refractivity contribution in [2.45, 2.75) is 118 Å². The molecule has 264 valence electrons. The number of hydrogen-bond donors (Lipinski definition) is 1. The molecule has 45 heavy (non-hydrogen) atoms. The third-order valence-electron chi connectivity index (χ3n) is 12.7. The maximum absolute atomic E-state index is 12.5. The first-order valence-electron chi connectivity index (χ1n) is 17.8. The summed E-state index contributed by atoms with van der Waals surface area (Å²) in [7, 11) is 1.72. The second-order valence-electron chi connectivity index (χ2n) is 16.9. The van der Waals surface area contributed by atoms with Crippen LogP contribution < -0.4 is 0 Å². The summed E-state index contributed by atoms with van der Waals surface area (Å²) in [6.07, 6.45) is 14.3. The number of nitrogens with zero attached hydrogens (tertiary/aromatic N) is 1. The fraction of sp³-hybridized carbons (Fsp3) is 0.971. The van der Waals surface area contributed by atoms with Gasteiger partial charge in [-0.25, -0.2) is 9.36 Å². The number of phosphoric ester groups is 1. The van der Waals surface area contributed by atoms with Gasteiger partial charge in [-0.2, -0.15) is 0 Å². The molecule has 10 atom stereocenters. The number of rotatable bonds is 14. The number of quaternary nitrogens is 1. The van der Waals surface area contributed by atoms with Gasteiger partial charge in [0.2, 0.25) is 0 Å². The molecular formula is C35H66NO8P. The van der Waals surface area contributed by atoms with E-state index in [-0.39, 0.29) is 31.4 Å². The number of likely N-dealkylation sites (N-methyl/N-ethyl adjacent to an activating group) is 1. The van der Waals surface area contributed by atoms with E-state index in [2.05, 4.69) is 34.6 Å². The normalized spacial score (nSPS) is 36.6. The summed E-state index contributed by atoms with van der Waals surface area (Å²) in [4.78, 5) is 22.3. The highest BCUT2D eigenvalue weighted by atomic mass is 31.2. The van der Waals surface area contributed by atoms with Crippen molar-refractivity contribution in [1.82, 2.24) is 0 Å². The molecule has 0 aromatic rings. The van der Waals surface area contributed by atoms with E-state index >= 15 is 0 Å². The predicted octanol–water partition coefficient (Wildman–Crippen LogP) is 8.29. The van der Waals surface area contributed by atoms with Crippen LogP contribution >= 0.6 is 7.82 Å². The molecule has 4 saturated carbocycles. The van der Waals surface area contributed by atoms with Gasteiger partial charge in [-0.15, -0.1) is 0 Å². The summed E-state index contributed by atoms with van der Waals surface area (Å²) in [6, 6.07) is 0. The maximum Gasteiger partial charge on any atom is 0.508 e. The molecule has 1 unspecified atom stereocenters. The molecule has 4 fully saturated rings. The van der Waals surface area contributed by atoms with Crippen LogP contribution in [0.1, 0.15) is 112 Å². The lowest BCUT2D eigenvalue weighted by Gasteiger charge is -2.61. The zero-order valence-electron chi connectivity index (χ0n) is 29.7. The smallest absolute Gasteiger partial charge is 0.508 e. The standard InChI is InChI=1S/C35H64NO7P.H2O/c1-25(2)10-9-11-26(3)30-14-15-31-29-13-12-27-24-28(16-18-34(27,4)32(29)17-19-35(30,31)5)43-33(37)40-22-23-42-44(38,39)41-21-20-36(6,7)8;/h25-32H,9-24H2,1-8H3;1H2/t26-,27+,28+,29+,30-,31+,32+,34+,35-;/m1./s1. The average Bonchev–Trinajstić information content (AvgIpc) is 3.27. The molecule has 0 bridgehead atoms. The van der Waals surface area contributed by atoms with E-state index in [0.29, 0.717) is 27.8 Å². The molecule has 0 aromatic heterocycles. The van der Waals surface area contributed by atoms with Crippen LogP contribution in [-0.2, 0) is 23.1 Å². The van der Waals surface area contributed by atoms with Crippen LogP contribution in [0.25, 0.3) is 0 Å². The van der Waals surface area contributed by atoms with Crippen molar-refractivity contribution in [1.29, 1.82) is 0 Å². The molecule has 4 aliphatic rings. The van der Waals surface area contributed by atoms with E-state index in [1.54, 1.807) is 0 Å². The zero-order chi connectivity index (χ0) is 32.3. The third kappa shape index (κ3) is 9.69. The Morgan fingerprint density at radius 2 is 1.56 bits per heavy atom. The Hall–Kier alpha value is -0.700. The van der Waals surface area contributed by atoms with Crippen LogP contribution in [0.4, 0.5) is 4.79 Å². The van der Waals surface area contributed by atoms with Gasteiger partial charge in [0.15, 0.2) is 0 Å². The summed E-state index contributed by atoms with van der Waals surface area (Å²) in [5.41, 5.74) is 0.841. The highest BCUT2D eigenvalue weighted by Crippen LogP contribution is 2.68. The van der Waals surface area contributed by atoms with Crippen molar-refractivity contribution < 1.29 is 42.7 Å². The minimum Gasteiger partial charge on any atom is -0.870 e. The molecule has 9 nitrogen and oxygen atoms in total. The van der Waals surface area contributed by atoms with Gasteiger partial charge < -0.3 is 24.3 Å². The molecule has 10 heteroatoms. The first-order valence-corrected chi connectivity index (χ1v) is 19.3. The lowest BCUT2D eigenvalue weighted by molar-refractivity contribution is -0.870. The van der Waals surface area contributed by atoms with Crippen molar-refractivity contribution in [2.24, 2.45) is 52.3 Å². The molecule has 0 spiro atoms. The molecule has 0 heterocycles. The van der Waals surface area contributed by atoms with Gasteiger partial charge in [0.25, 0.3) is 0 Å². The van der Waals surface area contributed by atoms with E-state index < -0.39 is 14.0 Å². The SMILES string of the molecule is CC(C)CCC[C@@H](C)[C@H]1CC[C@H]2[C@@H]3CC[C@H]4C[C@@H](OC(=O)OCCOP(=O)(O)OCC[N+](C)(C)C)CC[C@]4(C)[C@H]3CC[C@]12C.[OH-]. The van der Waals surface area contributed by atoms with Gasteiger partial charge in [-0.05, 0) is 110 Å². The van der Waals surface area contributed by atoms with Crippen LogP contribution in [0.2, 0.25) is 0 Å². The molecule has 4 rings (SSSR count). The van der Waals surface area contributed by atoms with Crippen molar-refractivity contribution in [3.05, 3.63) is 0 Å². The summed E-state index contributed by atoms with van der Waals surface area (Å²) >= 11 is 0. The number of fused-ring (bicyclic) bond motifs is 5. The largest absolute Gasteiger partial charge is 0.870 e. The Morgan fingerprint density at radius 1 is 0.889 bits per heavy atom. The Balaban J connectivity index is 0.00000552.